The zero-order valence-corrected chi connectivity index (χ0v) is 11.7. The van der Waals surface area contributed by atoms with E-state index in [4.69, 9.17) is 10.2 Å². The van der Waals surface area contributed by atoms with Crippen molar-refractivity contribution in [2.45, 2.75) is 17.4 Å². The number of carbonyl (C=O) groups is 1. The fourth-order valence-electron chi connectivity index (χ4n) is 1.62. The molecular weight excluding hydrogens is 266 g/mol. The highest BCUT2D eigenvalue weighted by atomic mass is 32.2. The molecule has 0 bridgehead atoms. The SMILES string of the molecule is CC(C(=O)N(C)C)S(=O)c1nc2cc(N)ccc2o1. The highest BCUT2D eigenvalue weighted by molar-refractivity contribution is 7.86. The van der Waals surface area contributed by atoms with Crippen molar-refractivity contribution in [3.63, 3.8) is 0 Å². The molecule has 2 atom stereocenters. The topological polar surface area (TPSA) is 89.4 Å². The first-order chi connectivity index (χ1) is 8.90. The summed E-state index contributed by atoms with van der Waals surface area (Å²) in [6.45, 7) is 1.58. The van der Waals surface area contributed by atoms with Crippen molar-refractivity contribution >= 4 is 33.5 Å². The third-order valence-electron chi connectivity index (χ3n) is 2.67. The molecule has 0 aliphatic heterocycles. The van der Waals surface area contributed by atoms with E-state index in [1.165, 1.54) is 4.90 Å². The number of nitrogen functional groups attached to an aromatic ring is 1. The van der Waals surface area contributed by atoms with Crippen LogP contribution in [-0.4, -0.2) is 39.3 Å². The van der Waals surface area contributed by atoms with Crippen molar-refractivity contribution < 1.29 is 13.4 Å². The molecule has 7 heteroatoms. The maximum Gasteiger partial charge on any atom is 0.288 e. The molecule has 6 nitrogen and oxygen atoms in total. The summed E-state index contributed by atoms with van der Waals surface area (Å²) in [5, 5.41) is -0.663. The van der Waals surface area contributed by atoms with E-state index in [-0.39, 0.29) is 11.1 Å². The zero-order chi connectivity index (χ0) is 14.2. The molecule has 0 radical (unpaired) electrons. The number of aromatic nitrogens is 1. The minimum absolute atomic E-state index is 0.0447. The molecule has 0 aliphatic rings. The van der Waals surface area contributed by atoms with Crippen LogP contribution in [0.3, 0.4) is 0 Å². The summed E-state index contributed by atoms with van der Waals surface area (Å²) in [6.07, 6.45) is 0. The maximum absolute atomic E-state index is 12.2. The van der Waals surface area contributed by atoms with Gasteiger partial charge in [-0.2, -0.15) is 0 Å². The summed E-state index contributed by atoms with van der Waals surface area (Å²) in [7, 11) is 1.60. The first kappa shape index (κ1) is 13.5. The van der Waals surface area contributed by atoms with Gasteiger partial charge in [-0.1, -0.05) is 0 Å². The van der Waals surface area contributed by atoms with Gasteiger partial charge in [0.25, 0.3) is 5.22 Å². The van der Waals surface area contributed by atoms with E-state index >= 15 is 0 Å². The molecule has 1 aromatic heterocycles. The maximum atomic E-state index is 12.2. The van der Waals surface area contributed by atoms with Crippen LogP contribution in [0.15, 0.2) is 27.8 Å². The molecule has 19 heavy (non-hydrogen) atoms. The lowest BCUT2D eigenvalue weighted by molar-refractivity contribution is -0.127. The molecule has 0 fully saturated rings. The molecule has 0 saturated heterocycles. The number of benzene rings is 1. The Hall–Kier alpha value is -1.89. The highest BCUT2D eigenvalue weighted by Crippen LogP contribution is 2.21. The lowest BCUT2D eigenvalue weighted by Gasteiger charge is -2.14. The van der Waals surface area contributed by atoms with E-state index in [2.05, 4.69) is 4.98 Å². The molecule has 2 aromatic rings. The van der Waals surface area contributed by atoms with E-state index in [0.29, 0.717) is 16.8 Å². The first-order valence-corrected chi connectivity index (χ1v) is 6.89. The molecule has 2 N–H and O–H groups in total. The molecule has 0 aliphatic carbocycles. The number of hydrogen-bond donors (Lipinski definition) is 1. The number of carbonyl (C=O) groups excluding carboxylic acids is 1. The fourth-order valence-corrected chi connectivity index (χ4v) is 2.67. The van der Waals surface area contributed by atoms with Crippen molar-refractivity contribution in [1.82, 2.24) is 9.88 Å². The average Bonchev–Trinajstić information content (AvgIpc) is 2.78. The Morgan fingerprint density at radius 1 is 1.47 bits per heavy atom. The number of amides is 1. The van der Waals surface area contributed by atoms with Crippen LogP contribution in [0.25, 0.3) is 11.1 Å². The van der Waals surface area contributed by atoms with Gasteiger partial charge in [0.05, 0.1) is 0 Å². The number of hydrogen-bond acceptors (Lipinski definition) is 5. The van der Waals surface area contributed by atoms with Gasteiger partial charge < -0.3 is 15.1 Å². The van der Waals surface area contributed by atoms with Crippen LogP contribution in [0.5, 0.6) is 0 Å². The molecule has 2 unspecified atom stereocenters. The van der Waals surface area contributed by atoms with Crippen LogP contribution in [0.1, 0.15) is 6.92 Å². The molecule has 1 heterocycles. The number of rotatable bonds is 3. The molecule has 0 spiro atoms. The summed E-state index contributed by atoms with van der Waals surface area (Å²) in [5.41, 5.74) is 7.23. The number of nitrogens with zero attached hydrogens (tertiary/aromatic N) is 2. The fraction of sp³-hybridized carbons (Fsp3) is 0.333. The molecule has 102 valence electrons. The number of anilines is 1. The lowest BCUT2D eigenvalue weighted by Crippen LogP contribution is -2.34. The largest absolute Gasteiger partial charge is 0.430 e. The van der Waals surface area contributed by atoms with Crippen LogP contribution in [0.2, 0.25) is 0 Å². The van der Waals surface area contributed by atoms with E-state index in [1.54, 1.807) is 39.2 Å². The van der Waals surface area contributed by atoms with Gasteiger partial charge in [0.15, 0.2) is 5.58 Å². The van der Waals surface area contributed by atoms with E-state index in [0.717, 1.165) is 0 Å². The third kappa shape index (κ3) is 2.60. The van der Waals surface area contributed by atoms with Crippen molar-refractivity contribution in [3.8, 4) is 0 Å². The number of fused-ring (bicyclic) bond motifs is 1. The van der Waals surface area contributed by atoms with Gasteiger partial charge in [0, 0.05) is 19.8 Å². The minimum atomic E-state index is -1.63. The van der Waals surface area contributed by atoms with Crippen LogP contribution < -0.4 is 5.73 Å². The Kier molecular flexibility index (Phi) is 3.57. The van der Waals surface area contributed by atoms with Crippen molar-refractivity contribution in [2.24, 2.45) is 0 Å². The Labute approximate surface area is 113 Å². The second kappa shape index (κ2) is 5.00. The quantitative estimate of drug-likeness (QED) is 0.847. The van der Waals surface area contributed by atoms with Gasteiger partial charge in [-0.15, -0.1) is 0 Å². The lowest BCUT2D eigenvalue weighted by atomic mass is 10.3. The van der Waals surface area contributed by atoms with E-state index in [9.17, 15) is 9.00 Å². The van der Waals surface area contributed by atoms with Gasteiger partial charge in [-0.05, 0) is 25.1 Å². The number of nitrogens with two attached hydrogens (primary N) is 1. The molecule has 1 aromatic carbocycles. The molecule has 2 rings (SSSR count). The minimum Gasteiger partial charge on any atom is -0.430 e. The normalized spacial score (nSPS) is 14.3. The van der Waals surface area contributed by atoms with Crippen LogP contribution in [0, 0.1) is 0 Å². The van der Waals surface area contributed by atoms with E-state index < -0.39 is 16.0 Å². The summed E-state index contributed by atoms with van der Waals surface area (Å²) in [4.78, 5) is 17.3. The van der Waals surface area contributed by atoms with Crippen molar-refractivity contribution in [2.75, 3.05) is 19.8 Å². The Balaban J connectivity index is 2.34. The van der Waals surface area contributed by atoms with Crippen LogP contribution >= 0.6 is 0 Å². The predicted octanol–water partition coefficient (Wildman–Crippen LogP) is 0.994. The summed E-state index contributed by atoms with van der Waals surface area (Å²) in [6, 6.07) is 4.98. The molecular formula is C12H15N3O3S. The first-order valence-electron chi connectivity index (χ1n) is 5.68. The Morgan fingerprint density at radius 3 is 2.79 bits per heavy atom. The summed E-state index contributed by atoms with van der Waals surface area (Å²) < 4.78 is 17.6. The van der Waals surface area contributed by atoms with Gasteiger partial charge in [0.1, 0.15) is 21.6 Å². The average molecular weight is 281 g/mol. The summed E-state index contributed by atoms with van der Waals surface area (Å²) in [5.74, 6) is -0.236. The van der Waals surface area contributed by atoms with Gasteiger partial charge in [0.2, 0.25) is 5.91 Å². The standard InChI is InChI=1S/C12H15N3O3S/c1-7(11(16)15(2)3)19(17)12-14-9-6-8(13)4-5-10(9)18-12/h4-7H,13H2,1-3H3. The second-order valence-corrected chi connectivity index (χ2v) is 6.03. The van der Waals surface area contributed by atoms with E-state index in [1.807, 2.05) is 0 Å². The van der Waals surface area contributed by atoms with Crippen molar-refractivity contribution in [1.29, 1.82) is 0 Å². The zero-order valence-electron chi connectivity index (χ0n) is 10.9. The monoisotopic (exact) mass is 281 g/mol. The Bertz CT molecular complexity index is 651. The van der Waals surface area contributed by atoms with Crippen LogP contribution in [-0.2, 0) is 15.6 Å². The highest BCUT2D eigenvalue weighted by Gasteiger charge is 2.26. The van der Waals surface area contributed by atoms with Crippen molar-refractivity contribution in [3.05, 3.63) is 18.2 Å². The summed E-state index contributed by atoms with van der Waals surface area (Å²) >= 11 is 0. The molecule has 1 amide bonds. The number of oxazole rings is 1. The smallest absolute Gasteiger partial charge is 0.288 e. The third-order valence-corrected chi connectivity index (χ3v) is 4.04. The Morgan fingerprint density at radius 2 is 2.16 bits per heavy atom. The second-order valence-electron chi connectivity index (χ2n) is 4.38. The predicted molar refractivity (Wildman–Crippen MR) is 73.0 cm³/mol. The van der Waals surface area contributed by atoms with Crippen LogP contribution in [0.4, 0.5) is 5.69 Å². The molecule has 0 saturated carbocycles. The van der Waals surface area contributed by atoms with Gasteiger partial charge in [-0.25, -0.2) is 9.19 Å². The van der Waals surface area contributed by atoms with Gasteiger partial charge >= 0.3 is 0 Å². The van der Waals surface area contributed by atoms with Gasteiger partial charge in [-0.3, -0.25) is 4.79 Å².